The molecule has 3 aromatic carbocycles. The predicted molar refractivity (Wildman–Crippen MR) is 200 cm³/mol. The molecule has 4 aliphatic rings. The number of rotatable bonds is 10. The fraction of sp³-hybridized carbons (Fsp3) is 0.429. The van der Waals surface area contributed by atoms with Crippen LogP contribution < -0.4 is 5.32 Å². The van der Waals surface area contributed by atoms with Gasteiger partial charge >= 0.3 is 6.09 Å². The first-order chi connectivity index (χ1) is 25.0. The topological polar surface area (TPSA) is 109 Å². The van der Waals surface area contributed by atoms with Crippen molar-refractivity contribution < 1.29 is 27.4 Å². The largest absolute Gasteiger partial charge is 0.442 e. The minimum absolute atomic E-state index is 0.154. The lowest BCUT2D eigenvalue weighted by Gasteiger charge is -2.23. The van der Waals surface area contributed by atoms with E-state index in [2.05, 4.69) is 46.8 Å². The quantitative estimate of drug-likeness (QED) is 0.173. The third-order valence-corrected chi connectivity index (χ3v) is 12.8. The van der Waals surface area contributed by atoms with E-state index in [0.717, 1.165) is 66.4 Å². The molecule has 10 heteroatoms. The van der Waals surface area contributed by atoms with Crippen LogP contribution in [0.25, 0.3) is 5.57 Å². The number of allylic oxidation sites excluding steroid dienone is 1. The number of hydrogen-bond acceptors (Lipinski definition) is 8. The van der Waals surface area contributed by atoms with Crippen LogP contribution in [0.15, 0.2) is 102 Å². The normalized spacial score (nSPS) is 23.2. The molecule has 3 atom stereocenters. The van der Waals surface area contributed by atoms with E-state index in [1.165, 1.54) is 4.68 Å². The summed E-state index contributed by atoms with van der Waals surface area (Å²) in [5, 5.41) is 7.60. The number of benzene rings is 3. The van der Waals surface area contributed by atoms with Gasteiger partial charge in [-0.2, -0.15) is 4.68 Å². The molecule has 1 aliphatic heterocycles. The van der Waals surface area contributed by atoms with Crippen LogP contribution in [0.1, 0.15) is 106 Å². The zero-order valence-electron chi connectivity index (χ0n) is 30.0. The third-order valence-electron chi connectivity index (χ3n) is 10.4. The highest BCUT2D eigenvalue weighted by Crippen LogP contribution is 2.55. The minimum atomic E-state index is -3.34. The van der Waals surface area contributed by atoms with Crippen molar-refractivity contribution in [3.05, 3.63) is 119 Å². The van der Waals surface area contributed by atoms with E-state index in [1.807, 2.05) is 69.3 Å². The van der Waals surface area contributed by atoms with E-state index in [1.54, 1.807) is 12.3 Å². The highest BCUT2D eigenvalue weighted by Gasteiger charge is 2.52. The van der Waals surface area contributed by atoms with E-state index in [-0.39, 0.29) is 29.3 Å². The average molecular weight is 722 g/mol. The SMILES string of the molecule is CC(C)(C)OC(=O)n1ccc(NC/C(=C/[C@H]2CCC3(C2)O[C@H](c2ccccc2)[C@@H](c2ccccc2)O3)c2ccc(S(=O)(=O)C3CC3)c(C3CC3)c2)n1. The molecule has 0 radical (unpaired) electrons. The lowest BCUT2D eigenvalue weighted by molar-refractivity contribution is -0.171. The molecule has 8 rings (SSSR count). The molecule has 3 saturated carbocycles. The van der Waals surface area contributed by atoms with Crippen molar-refractivity contribution in [2.75, 3.05) is 11.9 Å². The number of hydrogen-bond donors (Lipinski definition) is 1. The Bertz CT molecular complexity index is 2020. The van der Waals surface area contributed by atoms with Crippen LogP contribution in [-0.4, -0.2) is 47.5 Å². The van der Waals surface area contributed by atoms with Gasteiger partial charge in [-0.3, -0.25) is 0 Å². The van der Waals surface area contributed by atoms with Gasteiger partial charge in [0.25, 0.3) is 0 Å². The van der Waals surface area contributed by atoms with Crippen LogP contribution in [0.4, 0.5) is 10.6 Å². The first-order valence-corrected chi connectivity index (χ1v) is 20.1. The molecule has 0 unspecified atom stereocenters. The Balaban J connectivity index is 1.08. The Morgan fingerprint density at radius 1 is 0.923 bits per heavy atom. The molecule has 0 bridgehead atoms. The second-order valence-corrected chi connectivity index (χ2v) is 18.0. The van der Waals surface area contributed by atoms with E-state index in [0.29, 0.717) is 23.7 Å². The summed E-state index contributed by atoms with van der Waals surface area (Å²) >= 11 is 0. The van der Waals surface area contributed by atoms with E-state index in [4.69, 9.17) is 14.2 Å². The second-order valence-electron chi connectivity index (χ2n) is 15.8. The molecule has 2 heterocycles. The predicted octanol–water partition coefficient (Wildman–Crippen LogP) is 9.00. The Kier molecular flexibility index (Phi) is 9.12. The van der Waals surface area contributed by atoms with Gasteiger partial charge in [-0.1, -0.05) is 72.8 Å². The van der Waals surface area contributed by atoms with Crippen molar-refractivity contribution in [3.63, 3.8) is 0 Å². The van der Waals surface area contributed by atoms with Gasteiger partial charge in [-0.15, -0.1) is 5.10 Å². The van der Waals surface area contributed by atoms with E-state index in [9.17, 15) is 13.2 Å². The molecule has 4 aromatic rings. The van der Waals surface area contributed by atoms with Crippen molar-refractivity contribution in [1.82, 2.24) is 9.78 Å². The maximum atomic E-state index is 13.5. The van der Waals surface area contributed by atoms with E-state index < -0.39 is 27.3 Å². The fourth-order valence-corrected chi connectivity index (χ4v) is 9.51. The summed E-state index contributed by atoms with van der Waals surface area (Å²) in [5.74, 6) is 0.228. The highest BCUT2D eigenvalue weighted by molar-refractivity contribution is 7.92. The Morgan fingerprint density at radius 3 is 2.17 bits per heavy atom. The highest BCUT2D eigenvalue weighted by atomic mass is 32.2. The summed E-state index contributed by atoms with van der Waals surface area (Å²) in [5.41, 5.74) is 4.50. The third kappa shape index (κ3) is 7.47. The van der Waals surface area contributed by atoms with Crippen LogP contribution >= 0.6 is 0 Å². The summed E-state index contributed by atoms with van der Waals surface area (Å²) < 4.78 is 47.4. The number of sulfone groups is 1. The number of nitrogens with one attached hydrogen (secondary N) is 1. The number of anilines is 1. The molecule has 9 nitrogen and oxygen atoms in total. The zero-order chi connectivity index (χ0) is 36.1. The maximum absolute atomic E-state index is 13.5. The number of carbonyl (C=O) groups is 1. The number of nitrogens with zero attached hydrogens (tertiary/aromatic N) is 2. The average Bonchev–Trinajstić information content (AvgIpc) is 4.06. The second kappa shape index (κ2) is 13.6. The molecule has 1 spiro atoms. The van der Waals surface area contributed by atoms with E-state index >= 15 is 0 Å². The van der Waals surface area contributed by atoms with Gasteiger partial charge in [0.2, 0.25) is 0 Å². The van der Waals surface area contributed by atoms with Gasteiger partial charge in [-0.25, -0.2) is 13.2 Å². The number of carbonyl (C=O) groups excluding carboxylic acids is 1. The van der Waals surface area contributed by atoms with Gasteiger partial charge in [0.05, 0.1) is 10.1 Å². The summed E-state index contributed by atoms with van der Waals surface area (Å²) in [7, 11) is -3.34. The van der Waals surface area contributed by atoms with Crippen molar-refractivity contribution >= 4 is 27.3 Å². The van der Waals surface area contributed by atoms with Crippen molar-refractivity contribution in [2.45, 2.75) is 105 Å². The Hall–Kier alpha value is -4.25. The van der Waals surface area contributed by atoms with Crippen molar-refractivity contribution in [1.29, 1.82) is 0 Å². The standard InChI is InChI=1S/C42H47N3O6S/c1-41(2,3)51-40(46)45-23-21-37(44-45)43-27-33(32-16-19-36(35(25-32)29-14-15-29)52(47,48)34-17-18-34)24-28-20-22-42(26-28)49-38(30-10-6-4-7-11-30)39(50-42)31-12-8-5-9-13-31/h4-13,16,19,21,23-25,28-29,34,38-39H,14-15,17-18,20,22,26-27H2,1-3H3,(H,43,44)/b33-24-/t28-,38-,39-/m1/s1. The van der Waals surface area contributed by atoms with Crippen LogP contribution in [-0.2, 0) is 24.0 Å². The van der Waals surface area contributed by atoms with Crippen LogP contribution in [0.2, 0.25) is 0 Å². The summed E-state index contributed by atoms with van der Waals surface area (Å²) in [6.45, 7) is 5.88. The first kappa shape index (κ1) is 34.8. The lowest BCUT2D eigenvalue weighted by atomic mass is 9.96. The maximum Gasteiger partial charge on any atom is 0.435 e. The summed E-state index contributed by atoms with van der Waals surface area (Å²) in [6.07, 6.45) is 8.70. The molecule has 1 aromatic heterocycles. The monoisotopic (exact) mass is 721 g/mol. The molecule has 52 heavy (non-hydrogen) atoms. The Labute approximate surface area is 306 Å². The summed E-state index contributed by atoms with van der Waals surface area (Å²) in [4.78, 5) is 13.1. The van der Waals surface area contributed by atoms with Crippen molar-refractivity contribution in [3.8, 4) is 0 Å². The molecule has 272 valence electrons. The van der Waals surface area contributed by atoms with Crippen molar-refractivity contribution in [2.24, 2.45) is 5.92 Å². The first-order valence-electron chi connectivity index (χ1n) is 18.5. The molecule has 0 amide bonds. The molecule has 1 N–H and O–H groups in total. The molecular formula is C42H47N3O6S. The Morgan fingerprint density at radius 2 is 1.58 bits per heavy atom. The van der Waals surface area contributed by atoms with Gasteiger partial charge in [-0.05, 0) is 105 Å². The molecule has 3 aliphatic carbocycles. The van der Waals surface area contributed by atoms with Gasteiger partial charge in [0.1, 0.15) is 23.6 Å². The van der Waals surface area contributed by atoms with Crippen LogP contribution in [0, 0.1) is 5.92 Å². The lowest BCUT2D eigenvalue weighted by Crippen LogP contribution is -2.27. The minimum Gasteiger partial charge on any atom is -0.442 e. The molecule has 1 saturated heterocycles. The number of aromatic nitrogens is 2. The van der Waals surface area contributed by atoms with Crippen LogP contribution in [0.5, 0.6) is 0 Å². The fourth-order valence-electron chi connectivity index (χ4n) is 7.59. The van der Waals surface area contributed by atoms with Gasteiger partial charge in [0.15, 0.2) is 15.6 Å². The van der Waals surface area contributed by atoms with Gasteiger partial charge in [0, 0.05) is 31.6 Å². The molecule has 4 fully saturated rings. The number of ether oxygens (including phenoxy) is 3. The summed E-state index contributed by atoms with van der Waals surface area (Å²) in [6, 6.07) is 28.3. The smallest absolute Gasteiger partial charge is 0.435 e. The molecular weight excluding hydrogens is 675 g/mol. The van der Waals surface area contributed by atoms with Gasteiger partial charge < -0.3 is 19.5 Å². The van der Waals surface area contributed by atoms with Crippen LogP contribution in [0.3, 0.4) is 0 Å². The zero-order valence-corrected chi connectivity index (χ0v) is 30.8.